The van der Waals surface area contributed by atoms with Crippen molar-refractivity contribution in [2.45, 2.75) is 0 Å². The van der Waals surface area contributed by atoms with E-state index in [1.165, 1.54) is 18.2 Å². The Bertz CT molecular complexity index is 476. The number of hydrogen-bond acceptors (Lipinski definition) is 3. The molecule has 4 heteroatoms. The normalized spacial score (nSPS) is 10.5. The minimum atomic E-state index is -0.403. The SMILES string of the molecule is O=Cc1ccc(O)c2sc(F)cc12. The minimum Gasteiger partial charge on any atom is -0.506 e. The van der Waals surface area contributed by atoms with E-state index in [9.17, 15) is 14.3 Å². The predicted octanol–water partition coefficient (Wildman–Crippen LogP) is 2.56. The molecule has 1 heterocycles. The van der Waals surface area contributed by atoms with E-state index in [1.54, 1.807) is 0 Å². The number of aldehydes is 1. The van der Waals surface area contributed by atoms with Crippen molar-refractivity contribution >= 4 is 27.7 Å². The van der Waals surface area contributed by atoms with Crippen molar-refractivity contribution in [3.05, 3.63) is 28.9 Å². The third-order valence-electron chi connectivity index (χ3n) is 1.79. The minimum absolute atomic E-state index is 0.00880. The summed E-state index contributed by atoms with van der Waals surface area (Å²) in [6, 6.07) is 4.11. The second-order valence-corrected chi connectivity index (χ2v) is 3.59. The molecule has 66 valence electrons. The molecule has 1 N–H and O–H groups in total. The molecular weight excluding hydrogens is 191 g/mol. The maximum absolute atomic E-state index is 12.8. The number of carbonyl (C=O) groups is 1. The van der Waals surface area contributed by atoms with Crippen LogP contribution in [0.4, 0.5) is 4.39 Å². The third-order valence-corrected chi connectivity index (χ3v) is 2.74. The van der Waals surface area contributed by atoms with Crippen LogP contribution in [0.1, 0.15) is 10.4 Å². The highest BCUT2D eigenvalue weighted by Crippen LogP contribution is 2.33. The van der Waals surface area contributed by atoms with Crippen molar-refractivity contribution in [2.24, 2.45) is 0 Å². The Kier molecular flexibility index (Phi) is 1.77. The van der Waals surface area contributed by atoms with Gasteiger partial charge in [0.15, 0.2) is 11.4 Å². The Morgan fingerprint density at radius 2 is 2.23 bits per heavy atom. The van der Waals surface area contributed by atoms with Gasteiger partial charge in [0.05, 0.1) is 4.70 Å². The van der Waals surface area contributed by atoms with Gasteiger partial charge in [-0.1, -0.05) is 0 Å². The molecule has 0 atom stereocenters. The molecule has 2 aromatic rings. The predicted molar refractivity (Wildman–Crippen MR) is 48.8 cm³/mol. The lowest BCUT2D eigenvalue weighted by molar-refractivity contribution is 0.112. The summed E-state index contributed by atoms with van der Waals surface area (Å²) in [4.78, 5) is 10.5. The fourth-order valence-electron chi connectivity index (χ4n) is 1.20. The molecule has 0 bridgehead atoms. The highest BCUT2D eigenvalue weighted by Gasteiger charge is 2.08. The van der Waals surface area contributed by atoms with Gasteiger partial charge in [-0.25, -0.2) is 0 Å². The highest BCUT2D eigenvalue weighted by molar-refractivity contribution is 7.18. The molecule has 0 aliphatic heterocycles. The summed E-state index contributed by atoms with van der Waals surface area (Å²) in [7, 11) is 0. The van der Waals surface area contributed by atoms with E-state index >= 15 is 0 Å². The van der Waals surface area contributed by atoms with Crippen LogP contribution in [0.25, 0.3) is 10.1 Å². The third kappa shape index (κ3) is 1.19. The fourth-order valence-corrected chi connectivity index (χ4v) is 2.03. The maximum Gasteiger partial charge on any atom is 0.177 e. The summed E-state index contributed by atoms with van der Waals surface area (Å²) >= 11 is 0.833. The lowest BCUT2D eigenvalue weighted by Crippen LogP contribution is -1.78. The van der Waals surface area contributed by atoms with Gasteiger partial charge in [0.25, 0.3) is 0 Å². The van der Waals surface area contributed by atoms with Crippen LogP contribution < -0.4 is 0 Å². The van der Waals surface area contributed by atoms with Crippen LogP contribution in [0.5, 0.6) is 5.75 Å². The first kappa shape index (κ1) is 8.19. The zero-order valence-corrected chi connectivity index (χ0v) is 7.27. The van der Waals surface area contributed by atoms with Gasteiger partial charge in [-0.2, -0.15) is 4.39 Å². The van der Waals surface area contributed by atoms with E-state index in [1.807, 2.05) is 0 Å². The summed E-state index contributed by atoms with van der Waals surface area (Å²) < 4.78 is 13.2. The van der Waals surface area contributed by atoms with E-state index in [4.69, 9.17) is 0 Å². The van der Waals surface area contributed by atoms with Crippen LogP contribution in [0, 0.1) is 5.13 Å². The number of benzene rings is 1. The Balaban J connectivity index is 2.91. The molecule has 0 aliphatic carbocycles. The van der Waals surface area contributed by atoms with Crippen LogP contribution in [-0.2, 0) is 0 Å². The van der Waals surface area contributed by atoms with Crippen molar-refractivity contribution < 1.29 is 14.3 Å². The molecule has 0 saturated carbocycles. The van der Waals surface area contributed by atoms with Gasteiger partial charge in [0, 0.05) is 10.9 Å². The van der Waals surface area contributed by atoms with Crippen molar-refractivity contribution in [3.63, 3.8) is 0 Å². The lowest BCUT2D eigenvalue weighted by atomic mass is 10.1. The summed E-state index contributed by atoms with van der Waals surface area (Å²) in [5.74, 6) is 0.00880. The number of fused-ring (bicyclic) bond motifs is 1. The van der Waals surface area contributed by atoms with E-state index in [-0.39, 0.29) is 5.75 Å². The van der Waals surface area contributed by atoms with Gasteiger partial charge in [0.2, 0.25) is 0 Å². The van der Waals surface area contributed by atoms with E-state index in [2.05, 4.69) is 0 Å². The Morgan fingerprint density at radius 1 is 1.46 bits per heavy atom. The summed E-state index contributed by atoms with van der Waals surface area (Å²) in [6.07, 6.45) is 0.647. The molecule has 1 aromatic carbocycles. The van der Waals surface area contributed by atoms with Crippen LogP contribution in [0.3, 0.4) is 0 Å². The summed E-state index contributed by atoms with van der Waals surface area (Å²) in [5, 5.41) is 9.40. The zero-order chi connectivity index (χ0) is 9.42. The standard InChI is InChI=1S/C9H5FO2S/c10-8-3-6-5(4-11)1-2-7(12)9(6)13-8/h1-4,12H. The molecule has 0 fully saturated rings. The Labute approximate surface area is 77.2 Å². The van der Waals surface area contributed by atoms with Crippen molar-refractivity contribution in [2.75, 3.05) is 0 Å². The number of aromatic hydroxyl groups is 1. The smallest absolute Gasteiger partial charge is 0.177 e. The van der Waals surface area contributed by atoms with Gasteiger partial charge in [-0.3, -0.25) is 4.79 Å². The largest absolute Gasteiger partial charge is 0.506 e. The van der Waals surface area contributed by atoms with Gasteiger partial charge in [-0.15, -0.1) is 11.3 Å². The molecule has 0 amide bonds. The van der Waals surface area contributed by atoms with Gasteiger partial charge < -0.3 is 5.11 Å². The average molecular weight is 196 g/mol. The van der Waals surface area contributed by atoms with Crippen molar-refractivity contribution in [3.8, 4) is 5.75 Å². The summed E-state index contributed by atoms with van der Waals surface area (Å²) in [5.41, 5.74) is 0.396. The lowest BCUT2D eigenvalue weighted by Gasteiger charge is -1.95. The first-order valence-corrected chi connectivity index (χ1v) is 4.40. The van der Waals surface area contributed by atoms with Crippen LogP contribution in [0.2, 0.25) is 0 Å². The Hall–Kier alpha value is -1.42. The van der Waals surface area contributed by atoms with Crippen LogP contribution in [0.15, 0.2) is 18.2 Å². The quantitative estimate of drug-likeness (QED) is 0.711. The van der Waals surface area contributed by atoms with Gasteiger partial charge >= 0.3 is 0 Å². The van der Waals surface area contributed by atoms with Crippen LogP contribution >= 0.6 is 11.3 Å². The topological polar surface area (TPSA) is 37.3 Å². The zero-order valence-electron chi connectivity index (χ0n) is 6.45. The molecular formula is C9H5FO2S. The number of phenols is 1. The fraction of sp³-hybridized carbons (Fsp3) is 0. The molecule has 13 heavy (non-hydrogen) atoms. The number of rotatable bonds is 1. The molecule has 0 unspecified atom stereocenters. The molecule has 0 aliphatic rings. The highest BCUT2D eigenvalue weighted by atomic mass is 32.1. The first-order chi connectivity index (χ1) is 6.22. The number of hydrogen-bond donors (Lipinski definition) is 1. The first-order valence-electron chi connectivity index (χ1n) is 3.58. The molecule has 0 saturated heterocycles. The number of phenolic OH excluding ortho intramolecular Hbond substituents is 1. The average Bonchev–Trinajstić information content (AvgIpc) is 2.48. The van der Waals surface area contributed by atoms with Gasteiger partial charge in [0.1, 0.15) is 5.75 Å². The monoisotopic (exact) mass is 196 g/mol. The number of carbonyl (C=O) groups excluding carboxylic acids is 1. The summed E-state index contributed by atoms with van der Waals surface area (Å²) in [6.45, 7) is 0. The second-order valence-electron chi connectivity index (χ2n) is 2.59. The molecule has 2 rings (SSSR count). The molecule has 1 aromatic heterocycles. The van der Waals surface area contributed by atoms with E-state index in [0.29, 0.717) is 21.9 Å². The number of halogens is 1. The molecule has 0 spiro atoms. The maximum atomic E-state index is 12.8. The Morgan fingerprint density at radius 3 is 2.92 bits per heavy atom. The van der Waals surface area contributed by atoms with Crippen molar-refractivity contribution in [1.29, 1.82) is 0 Å². The molecule has 2 nitrogen and oxygen atoms in total. The van der Waals surface area contributed by atoms with E-state index < -0.39 is 5.13 Å². The van der Waals surface area contributed by atoms with Crippen molar-refractivity contribution in [1.82, 2.24) is 0 Å². The van der Waals surface area contributed by atoms with E-state index in [0.717, 1.165) is 11.3 Å². The van der Waals surface area contributed by atoms with Crippen LogP contribution in [-0.4, -0.2) is 11.4 Å². The number of thiophene rings is 1. The van der Waals surface area contributed by atoms with Gasteiger partial charge in [-0.05, 0) is 18.2 Å². The second kappa shape index (κ2) is 2.81. The molecule has 0 radical (unpaired) electrons.